The molecule has 0 bridgehead atoms. The Morgan fingerprint density at radius 2 is 1.65 bits per heavy atom. The summed E-state index contributed by atoms with van der Waals surface area (Å²) in [5.41, 5.74) is 8.29. The number of methoxy groups -OCH3 is 3. The Labute approximate surface area is 155 Å². The minimum atomic E-state index is -0.208. The van der Waals surface area contributed by atoms with Gasteiger partial charge in [-0.05, 0) is 41.3 Å². The standard InChI is InChI=1S/C20H19NO4S/c1-23-16-10-13(11-17(24-2)20(16)25-3)19(22)14-9-12(6-7-15(14)21)18-5-4-8-26-18/h4-11H,21H2,1-3H3. The zero-order valence-corrected chi connectivity index (χ0v) is 15.6. The quantitative estimate of drug-likeness (QED) is 0.519. The average molecular weight is 369 g/mol. The Morgan fingerprint density at radius 1 is 0.962 bits per heavy atom. The molecule has 0 atom stereocenters. The second-order valence-electron chi connectivity index (χ2n) is 5.52. The minimum Gasteiger partial charge on any atom is -0.493 e. The van der Waals surface area contributed by atoms with Crippen LogP contribution in [-0.4, -0.2) is 27.1 Å². The van der Waals surface area contributed by atoms with E-state index >= 15 is 0 Å². The molecule has 0 radical (unpaired) electrons. The number of carbonyl (C=O) groups excluding carboxylic acids is 1. The van der Waals surface area contributed by atoms with Crippen LogP contribution >= 0.6 is 11.3 Å². The van der Waals surface area contributed by atoms with Crippen LogP contribution in [0.1, 0.15) is 15.9 Å². The molecule has 2 N–H and O–H groups in total. The Kier molecular flexibility index (Phi) is 5.14. The maximum atomic E-state index is 13.1. The maximum Gasteiger partial charge on any atom is 0.203 e. The molecule has 0 unspecified atom stereocenters. The van der Waals surface area contributed by atoms with Crippen LogP contribution in [0, 0.1) is 0 Å². The minimum absolute atomic E-state index is 0.208. The third kappa shape index (κ3) is 3.23. The molecule has 1 heterocycles. The van der Waals surface area contributed by atoms with E-state index in [1.165, 1.54) is 21.3 Å². The molecule has 0 amide bonds. The molecule has 2 aromatic carbocycles. The molecule has 0 aliphatic carbocycles. The van der Waals surface area contributed by atoms with Crippen LogP contribution < -0.4 is 19.9 Å². The number of carbonyl (C=O) groups is 1. The van der Waals surface area contributed by atoms with Crippen molar-refractivity contribution in [2.45, 2.75) is 0 Å². The van der Waals surface area contributed by atoms with Gasteiger partial charge >= 0.3 is 0 Å². The molecule has 1 aromatic heterocycles. The number of nitrogens with two attached hydrogens (primary N) is 1. The van der Waals surface area contributed by atoms with Gasteiger partial charge in [-0.1, -0.05) is 12.1 Å². The summed E-state index contributed by atoms with van der Waals surface area (Å²) in [6, 6.07) is 12.7. The monoisotopic (exact) mass is 369 g/mol. The summed E-state index contributed by atoms with van der Waals surface area (Å²) in [6.07, 6.45) is 0. The van der Waals surface area contributed by atoms with Crippen LogP contribution in [0.2, 0.25) is 0 Å². The highest BCUT2D eigenvalue weighted by Crippen LogP contribution is 2.39. The third-order valence-corrected chi connectivity index (χ3v) is 4.95. The van der Waals surface area contributed by atoms with Gasteiger partial charge in [-0.15, -0.1) is 11.3 Å². The van der Waals surface area contributed by atoms with Crippen molar-refractivity contribution in [3.8, 4) is 27.7 Å². The van der Waals surface area contributed by atoms with Crippen molar-refractivity contribution in [1.82, 2.24) is 0 Å². The first-order valence-electron chi connectivity index (χ1n) is 7.87. The Balaban J connectivity index is 2.08. The molecule has 0 saturated carbocycles. The molecule has 0 fully saturated rings. The number of thiophene rings is 1. The molecule has 0 aliphatic heterocycles. The van der Waals surface area contributed by atoms with E-state index in [9.17, 15) is 4.79 Å². The lowest BCUT2D eigenvalue weighted by molar-refractivity contribution is 0.103. The molecule has 26 heavy (non-hydrogen) atoms. The van der Waals surface area contributed by atoms with E-state index in [2.05, 4.69) is 0 Å². The predicted octanol–water partition coefficient (Wildman–Crippen LogP) is 4.25. The van der Waals surface area contributed by atoms with E-state index < -0.39 is 0 Å². The topological polar surface area (TPSA) is 70.8 Å². The second kappa shape index (κ2) is 7.49. The largest absolute Gasteiger partial charge is 0.493 e. The van der Waals surface area contributed by atoms with E-state index in [-0.39, 0.29) is 5.78 Å². The van der Waals surface area contributed by atoms with Crippen LogP contribution in [0.3, 0.4) is 0 Å². The molecule has 0 aliphatic rings. The second-order valence-corrected chi connectivity index (χ2v) is 6.47. The number of benzene rings is 2. The van der Waals surface area contributed by atoms with Gasteiger partial charge in [0.25, 0.3) is 0 Å². The fourth-order valence-corrected chi connectivity index (χ4v) is 3.44. The van der Waals surface area contributed by atoms with Gasteiger partial charge in [-0.2, -0.15) is 0 Å². The molecule has 0 spiro atoms. The Morgan fingerprint density at radius 3 is 2.19 bits per heavy atom. The summed E-state index contributed by atoms with van der Waals surface area (Å²) < 4.78 is 16.0. The third-order valence-electron chi connectivity index (χ3n) is 4.03. The molecule has 3 aromatic rings. The van der Waals surface area contributed by atoms with Crippen LogP contribution in [0.25, 0.3) is 10.4 Å². The fourth-order valence-electron chi connectivity index (χ4n) is 2.72. The highest BCUT2D eigenvalue weighted by atomic mass is 32.1. The molecular formula is C20H19NO4S. The number of nitrogen functional groups attached to an aromatic ring is 1. The van der Waals surface area contributed by atoms with Crippen molar-refractivity contribution in [3.05, 3.63) is 59.0 Å². The van der Waals surface area contributed by atoms with E-state index in [0.717, 1.165) is 10.4 Å². The van der Waals surface area contributed by atoms with Gasteiger partial charge in [0.1, 0.15) is 0 Å². The summed E-state index contributed by atoms with van der Waals surface area (Å²) in [7, 11) is 4.54. The number of anilines is 1. The van der Waals surface area contributed by atoms with Crippen LogP contribution in [-0.2, 0) is 0 Å². The van der Waals surface area contributed by atoms with Crippen molar-refractivity contribution >= 4 is 22.8 Å². The lowest BCUT2D eigenvalue weighted by Crippen LogP contribution is -2.07. The zero-order valence-electron chi connectivity index (χ0n) is 14.7. The van der Waals surface area contributed by atoms with Gasteiger partial charge < -0.3 is 19.9 Å². The molecule has 3 rings (SSSR count). The van der Waals surface area contributed by atoms with Crippen molar-refractivity contribution in [1.29, 1.82) is 0 Å². The van der Waals surface area contributed by atoms with Crippen molar-refractivity contribution in [3.63, 3.8) is 0 Å². The zero-order chi connectivity index (χ0) is 18.7. The fraction of sp³-hybridized carbons (Fsp3) is 0.150. The van der Waals surface area contributed by atoms with Gasteiger partial charge in [0.15, 0.2) is 17.3 Å². The van der Waals surface area contributed by atoms with Gasteiger partial charge in [-0.3, -0.25) is 4.79 Å². The lowest BCUT2D eigenvalue weighted by atomic mass is 9.98. The van der Waals surface area contributed by atoms with E-state index in [4.69, 9.17) is 19.9 Å². The first kappa shape index (κ1) is 17.8. The summed E-state index contributed by atoms with van der Waals surface area (Å²) in [4.78, 5) is 14.2. The summed E-state index contributed by atoms with van der Waals surface area (Å²) in [5.74, 6) is 1.07. The highest BCUT2D eigenvalue weighted by molar-refractivity contribution is 7.13. The van der Waals surface area contributed by atoms with Gasteiger partial charge in [0.05, 0.1) is 21.3 Å². The normalized spacial score (nSPS) is 10.4. The maximum absolute atomic E-state index is 13.1. The number of hydrogen-bond donors (Lipinski definition) is 1. The highest BCUT2D eigenvalue weighted by Gasteiger charge is 2.20. The average Bonchev–Trinajstić information content (AvgIpc) is 3.21. The Bertz CT molecular complexity index is 910. The summed E-state index contributed by atoms with van der Waals surface area (Å²) in [6.45, 7) is 0. The van der Waals surface area contributed by atoms with Crippen LogP contribution in [0.5, 0.6) is 17.2 Å². The Hall–Kier alpha value is -2.99. The van der Waals surface area contributed by atoms with Crippen molar-refractivity contribution in [2.75, 3.05) is 27.1 Å². The number of ether oxygens (including phenoxy) is 3. The van der Waals surface area contributed by atoms with Crippen molar-refractivity contribution in [2.24, 2.45) is 0 Å². The van der Waals surface area contributed by atoms with Crippen LogP contribution in [0.4, 0.5) is 5.69 Å². The molecule has 134 valence electrons. The molecule has 5 nitrogen and oxygen atoms in total. The SMILES string of the molecule is COc1cc(C(=O)c2cc(-c3cccs3)ccc2N)cc(OC)c1OC. The van der Waals surface area contributed by atoms with Gasteiger partial charge in [0, 0.05) is 21.7 Å². The van der Waals surface area contributed by atoms with Gasteiger partial charge in [-0.25, -0.2) is 0 Å². The lowest BCUT2D eigenvalue weighted by Gasteiger charge is -2.14. The van der Waals surface area contributed by atoms with E-state index in [0.29, 0.717) is 34.1 Å². The first-order valence-corrected chi connectivity index (χ1v) is 8.75. The van der Waals surface area contributed by atoms with Crippen molar-refractivity contribution < 1.29 is 19.0 Å². The van der Waals surface area contributed by atoms with E-state index in [1.807, 2.05) is 29.6 Å². The van der Waals surface area contributed by atoms with Crippen LogP contribution in [0.15, 0.2) is 47.8 Å². The molecule has 0 saturated heterocycles. The smallest absolute Gasteiger partial charge is 0.203 e. The summed E-state index contributed by atoms with van der Waals surface area (Å²) in [5, 5.41) is 1.99. The first-order chi connectivity index (χ1) is 12.6. The summed E-state index contributed by atoms with van der Waals surface area (Å²) >= 11 is 1.61. The number of hydrogen-bond acceptors (Lipinski definition) is 6. The molecule has 6 heteroatoms. The number of ketones is 1. The number of rotatable bonds is 6. The van der Waals surface area contributed by atoms with E-state index in [1.54, 1.807) is 29.5 Å². The predicted molar refractivity (Wildman–Crippen MR) is 104 cm³/mol. The molecular weight excluding hydrogens is 350 g/mol. The van der Waals surface area contributed by atoms with Gasteiger partial charge in [0.2, 0.25) is 5.75 Å².